The van der Waals surface area contributed by atoms with Crippen LogP contribution in [0.5, 0.6) is 0 Å². The van der Waals surface area contributed by atoms with Crippen molar-refractivity contribution >= 4 is 0 Å². The zero-order valence-corrected chi connectivity index (χ0v) is 8.56. The number of hydrogen-bond donors (Lipinski definition) is 1. The van der Waals surface area contributed by atoms with Crippen molar-refractivity contribution < 1.29 is 13.2 Å². The third-order valence-corrected chi connectivity index (χ3v) is 2.84. The minimum Gasteiger partial charge on any atom is -0.314 e. The summed E-state index contributed by atoms with van der Waals surface area (Å²) in [5.41, 5.74) is 0. The third-order valence-electron chi connectivity index (χ3n) is 2.84. The molecule has 1 rings (SSSR count). The van der Waals surface area contributed by atoms with Crippen LogP contribution < -0.4 is 5.32 Å². The molecule has 0 aromatic carbocycles. The summed E-state index contributed by atoms with van der Waals surface area (Å²) in [5.74, 6) is 0. The van der Waals surface area contributed by atoms with Crippen LogP contribution in [-0.4, -0.2) is 42.8 Å². The lowest BCUT2D eigenvalue weighted by molar-refractivity contribution is -0.186. The quantitative estimate of drug-likeness (QED) is 0.745. The standard InChI is InChI=1S/C9H17F3N2/c1-3-8-6-13-4-5-14(8)7(2)9(10,11)12/h7-8,13H,3-6H2,1-2H3. The lowest BCUT2D eigenvalue weighted by atomic mass is 10.1. The molecular weight excluding hydrogens is 193 g/mol. The van der Waals surface area contributed by atoms with Gasteiger partial charge in [-0.25, -0.2) is 0 Å². The van der Waals surface area contributed by atoms with Gasteiger partial charge in [-0.1, -0.05) is 6.92 Å². The Morgan fingerprint density at radius 2 is 2.14 bits per heavy atom. The maximum Gasteiger partial charge on any atom is 0.403 e. The molecule has 0 saturated carbocycles. The second-order valence-corrected chi connectivity index (χ2v) is 3.72. The molecule has 2 nitrogen and oxygen atoms in total. The second-order valence-electron chi connectivity index (χ2n) is 3.72. The van der Waals surface area contributed by atoms with Gasteiger partial charge in [-0.05, 0) is 13.3 Å². The number of nitrogens with zero attached hydrogens (tertiary/aromatic N) is 1. The first kappa shape index (κ1) is 11.8. The predicted molar refractivity (Wildman–Crippen MR) is 49.2 cm³/mol. The van der Waals surface area contributed by atoms with Gasteiger partial charge in [0.2, 0.25) is 0 Å². The van der Waals surface area contributed by atoms with E-state index in [-0.39, 0.29) is 6.04 Å². The van der Waals surface area contributed by atoms with E-state index >= 15 is 0 Å². The third kappa shape index (κ3) is 2.60. The van der Waals surface area contributed by atoms with Crippen LogP contribution in [0.1, 0.15) is 20.3 Å². The Morgan fingerprint density at radius 1 is 1.50 bits per heavy atom. The van der Waals surface area contributed by atoms with Crippen molar-refractivity contribution in [3.05, 3.63) is 0 Å². The zero-order valence-electron chi connectivity index (χ0n) is 8.56. The van der Waals surface area contributed by atoms with Crippen molar-refractivity contribution in [2.24, 2.45) is 0 Å². The maximum absolute atomic E-state index is 12.5. The molecule has 1 aliphatic heterocycles. The molecule has 0 aromatic heterocycles. The van der Waals surface area contributed by atoms with Crippen molar-refractivity contribution in [3.63, 3.8) is 0 Å². The van der Waals surface area contributed by atoms with E-state index in [2.05, 4.69) is 5.32 Å². The normalized spacial score (nSPS) is 27.6. The molecule has 14 heavy (non-hydrogen) atoms. The predicted octanol–water partition coefficient (Wildman–Crippen LogP) is 1.62. The Balaban J connectivity index is 2.63. The first-order chi connectivity index (χ1) is 6.46. The SMILES string of the molecule is CCC1CNCCN1C(C)C(F)(F)F. The Morgan fingerprint density at radius 3 is 2.64 bits per heavy atom. The van der Waals surface area contributed by atoms with Gasteiger partial charge in [-0.15, -0.1) is 0 Å². The number of rotatable bonds is 2. The van der Waals surface area contributed by atoms with E-state index in [1.165, 1.54) is 6.92 Å². The molecule has 1 fully saturated rings. The van der Waals surface area contributed by atoms with Crippen LogP contribution in [0.3, 0.4) is 0 Å². The van der Waals surface area contributed by atoms with Crippen LogP contribution in [0.2, 0.25) is 0 Å². The van der Waals surface area contributed by atoms with Gasteiger partial charge < -0.3 is 5.32 Å². The molecule has 1 N–H and O–H groups in total. The Kier molecular flexibility index (Phi) is 3.78. The lowest BCUT2D eigenvalue weighted by Gasteiger charge is -2.40. The van der Waals surface area contributed by atoms with Crippen LogP contribution >= 0.6 is 0 Å². The highest BCUT2D eigenvalue weighted by Gasteiger charge is 2.42. The molecule has 84 valence electrons. The first-order valence-electron chi connectivity index (χ1n) is 5.00. The molecule has 1 aliphatic rings. The summed E-state index contributed by atoms with van der Waals surface area (Å²) >= 11 is 0. The van der Waals surface area contributed by atoms with Crippen molar-refractivity contribution in [3.8, 4) is 0 Å². The Hall–Kier alpha value is -0.290. The van der Waals surface area contributed by atoms with E-state index in [0.29, 0.717) is 19.6 Å². The molecular formula is C9H17F3N2. The number of nitrogens with one attached hydrogen (secondary N) is 1. The summed E-state index contributed by atoms with van der Waals surface area (Å²) in [7, 11) is 0. The maximum atomic E-state index is 12.5. The highest BCUT2D eigenvalue weighted by Crippen LogP contribution is 2.26. The average Bonchev–Trinajstić information content (AvgIpc) is 2.15. The van der Waals surface area contributed by atoms with Gasteiger partial charge in [0.15, 0.2) is 0 Å². The molecule has 0 spiro atoms. The minimum absolute atomic E-state index is 0.0142. The topological polar surface area (TPSA) is 15.3 Å². The van der Waals surface area contributed by atoms with Gasteiger partial charge in [-0.3, -0.25) is 4.90 Å². The summed E-state index contributed by atoms with van der Waals surface area (Å²) in [6, 6.07) is -1.31. The summed E-state index contributed by atoms with van der Waals surface area (Å²) in [5, 5.41) is 3.11. The fraction of sp³-hybridized carbons (Fsp3) is 1.00. The highest BCUT2D eigenvalue weighted by molar-refractivity contribution is 4.85. The van der Waals surface area contributed by atoms with Crippen molar-refractivity contribution in [1.29, 1.82) is 0 Å². The number of alkyl halides is 3. The van der Waals surface area contributed by atoms with Gasteiger partial charge >= 0.3 is 6.18 Å². The second kappa shape index (κ2) is 4.49. The van der Waals surface area contributed by atoms with Crippen LogP contribution in [0.15, 0.2) is 0 Å². The fourth-order valence-electron chi connectivity index (χ4n) is 1.85. The summed E-state index contributed by atoms with van der Waals surface area (Å²) in [4.78, 5) is 1.55. The minimum atomic E-state index is -4.11. The monoisotopic (exact) mass is 210 g/mol. The van der Waals surface area contributed by atoms with E-state index in [1.807, 2.05) is 6.92 Å². The molecule has 0 aromatic rings. The summed E-state index contributed by atoms with van der Waals surface area (Å²) in [6.45, 7) is 4.97. The van der Waals surface area contributed by atoms with E-state index in [9.17, 15) is 13.2 Å². The molecule has 0 bridgehead atoms. The molecule has 2 atom stereocenters. The first-order valence-corrected chi connectivity index (χ1v) is 5.00. The van der Waals surface area contributed by atoms with Gasteiger partial charge in [0.25, 0.3) is 0 Å². The summed E-state index contributed by atoms with van der Waals surface area (Å²) in [6.07, 6.45) is -3.35. The number of piperazine rings is 1. The average molecular weight is 210 g/mol. The molecule has 0 aliphatic carbocycles. The molecule has 5 heteroatoms. The molecule has 0 radical (unpaired) electrons. The van der Waals surface area contributed by atoms with E-state index in [0.717, 1.165) is 6.42 Å². The van der Waals surface area contributed by atoms with Crippen LogP contribution in [-0.2, 0) is 0 Å². The molecule has 0 amide bonds. The Labute approximate surface area is 82.5 Å². The fourth-order valence-corrected chi connectivity index (χ4v) is 1.85. The highest BCUT2D eigenvalue weighted by atomic mass is 19.4. The largest absolute Gasteiger partial charge is 0.403 e. The van der Waals surface area contributed by atoms with Crippen LogP contribution in [0.4, 0.5) is 13.2 Å². The van der Waals surface area contributed by atoms with Crippen molar-refractivity contribution in [2.75, 3.05) is 19.6 Å². The van der Waals surface area contributed by atoms with Gasteiger partial charge in [0, 0.05) is 25.7 Å². The lowest BCUT2D eigenvalue weighted by Crippen LogP contribution is -2.57. The summed E-state index contributed by atoms with van der Waals surface area (Å²) < 4.78 is 37.4. The van der Waals surface area contributed by atoms with Crippen molar-refractivity contribution in [2.45, 2.75) is 38.5 Å². The molecule has 2 unspecified atom stereocenters. The van der Waals surface area contributed by atoms with E-state index in [4.69, 9.17) is 0 Å². The van der Waals surface area contributed by atoms with Crippen LogP contribution in [0.25, 0.3) is 0 Å². The molecule has 1 saturated heterocycles. The zero-order chi connectivity index (χ0) is 10.8. The smallest absolute Gasteiger partial charge is 0.314 e. The number of hydrogen-bond acceptors (Lipinski definition) is 2. The van der Waals surface area contributed by atoms with Crippen LogP contribution in [0, 0.1) is 0 Å². The van der Waals surface area contributed by atoms with Gasteiger partial charge in [-0.2, -0.15) is 13.2 Å². The van der Waals surface area contributed by atoms with E-state index < -0.39 is 12.2 Å². The van der Waals surface area contributed by atoms with Gasteiger partial charge in [0.05, 0.1) is 0 Å². The Bertz CT molecular complexity index is 181. The van der Waals surface area contributed by atoms with E-state index in [1.54, 1.807) is 4.90 Å². The van der Waals surface area contributed by atoms with Gasteiger partial charge in [0.1, 0.15) is 6.04 Å². The molecule has 1 heterocycles. The van der Waals surface area contributed by atoms with Crippen molar-refractivity contribution in [1.82, 2.24) is 10.2 Å². The number of halogens is 3.